The molecular formula is C12H16N2. The molecule has 0 bridgehead atoms. The Morgan fingerprint density at radius 2 is 2.07 bits per heavy atom. The van der Waals surface area contributed by atoms with E-state index in [1.807, 2.05) is 26.8 Å². The van der Waals surface area contributed by atoms with Crippen LogP contribution in [0, 0.1) is 25.2 Å². The van der Waals surface area contributed by atoms with Crippen LogP contribution in [0.1, 0.15) is 30.0 Å². The van der Waals surface area contributed by atoms with Crippen LogP contribution in [-0.4, -0.2) is 0 Å². The lowest BCUT2D eigenvalue weighted by Gasteiger charge is -2.24. The first-order valence-electron chi connectivity index (χ1n) is 4.71. The number of benzene rings is 1. The van der Waals surface area contributed by atoms with Gasteiger partial charge in [0.15, 0.2) is 0 Å². The predicted octanol–water partition coefficient (Wildman–Crippen LogP) is 2.39. The third-order valence-electron chi connectivity index (χ3n) is 2.45. The zero-order chi connectivity index (χ0) is 10.8. The standard InChI is InChI=1S/C12H16N2/c1-9-4-5-10(2)11(8-9)12(3,14)6-7-13/h4-5,8H,6,14H2,1-3H3/t12-/m0/s1. The molecule has 0 aliphatic carbocycles. The highest BCUT2D eigenvalue weighted by atomic mass is 14.7. The molecule has 14 heavy (non-hydrogen) atoms. The lowest BCUT2D eigenvalue weighted by molar-refractivity contribution is 0.504. The molecule has 0 amide bonds. The maximum absolute atomic E-state index is 8.69. The molecule has 0 aliphatic rings. The highest BCUT2D eigenvalue weighted by Crippen LogP contribution is 2.25. The van der Waals surface area contributed by atoms with E-state index in [-0.39, 0.29) is 0 Å². The summed E-state index contributed by atoms with van der Waals surface area (Å²) >= 11 is 0. The maximum atomic E-state index is 8.69. The number of rotatable bonds is 2. The zero-order valence-corrected chi connectivity index (χ0v) is 8.96. The van der Waals surface area contributed by atoms with E-state index >= 15 is 0 Å². The van der Waals surface area contributed by atoms with Crippen molar-refractivity contribution >= 4 is 0 Å². The van der Waals surface area contributed by atoms with E-state index in [0.29, 0.717) is 6.42 Å². The van der Waals surface area contributed by atoms with Gasteiger partial charge < -0.3 is 5.73 Å². The van der Waals surface area contributed by atoms with Gasteiger partial charge in [0.1, 0.15) is 0 Å². The first-order chi connectivity index (χ1) is 6.47. The van der Waals surface area contributed by atoms with E-state index in [1.54, 1.807) is 0 Å². The molecule has 2 nitrogen and oxygen atoms in total. The maximum Gasteiger partial charge on any atom is 0.0644 e. The van der Waals surface area contributed by atoms with Crippen LogP contribution in [0.25, 0.3) is 0 Å². The lowest BCUT2D eigenvalue weighted by atomic mass is 9.86. The molecule has 0 saturated carbocycles. The van der Waals surface area contributed by atoms with Crippen molar-refractivity contribution in [2.45, 2.75) is 32.7 Å². The molecule has 1 rings (SSSR count). The van der Waals surface area contributed by atoms with Gasteiger partial charge in [0.2, 0.25) is 0 Å². The van der Waals surface area contributed by atoms with Gasteiger partial charge in [-0.1, -0.05) is 23.8 Å². The molecule has 1 aromatic rings. The molecule has 0 unspecified atom stereocenters. The van der Waals surface area contributed by atoms with E-state index in [9.17, 15) is 0 Å². The summed E-state index contributed by atoms with van der Waals surface area (Å²) in [6, 6.07) is 8.30. The minimum Gasteiger partial charge on any atom is -0.321 e. The predicted molar refractivity (Wildman–Crippen MR) is 57.7 cm³/mol. The van der Waals surface area contributed by atoms with Crippen LogP contribution in [-0.2, 0) is 5.54 Å². The third kappa shape index (κ3) is 2.12. The summed E-state index contributed by atoms with van der Waals surface area (Å²) in [4.78, 5) is 0. The second kappa shape index (κ2) is 3.81. The van der Waals surface area contributed by atoms with Crippen molar-refractivity contribution < 1.29 is 0 Å². The van der Waals surface area contributed by atoms with Crippen molar-refractivity contribution in [2.24, 2.45) is 5.73 Å². The van der Waals surface area contributed by atoms with Crippen molar-refractivity contribution in [3.05, 3.63) is 34.9 Å². The van der Waals surface area contributed by atoms with Gasteiger partial charge in [-0.25, -0.2) is 0 Å². The zero-order valence-electron chi connectivity index (χ0n) is 8.96. The highest BCUT2D eigenvalue weighted by molar-refractivity contribution is 5.36. The Morgan fingerprint density at radius 1 is 1.43 bits per heavy atom. The fourth-order valence-electron chi connectivity index (χ4n) is 1.61. The van der Waals surface area contributed by atoms with Gasteiger partial charge in [0.25, 0.3) is 0 Å². The van der Waals surface area contributed by atoms with Gasteiger partial charge >= 0.3 is 0 Å². The average molecular weight is 188 g/mol. The molecule has 0 saturated heterocycles. The second-order valence-corrected chi connectivity index (χ2v) is 4.07. The lowest BCUT2D eigenvalue weighted by Crippen LogP contribution is -2.33. The van der Waals surface area contributed by atoms with Crippen LogP contribution in [0.4, 0.5) is 0 Å². The van der Waals surface area contributed by atoms with Gasteiger partial charge in [-0.2, -0.15) is 5.26 Å². The van der Waals surface area contributed by atoms with Crippen molar-refractivity contribution in [3.8, 4) is 6.07 Å². The minimum absolute atomic E-state index is 0.345. The largest absolute Gasteiger partial charge is 0.321 e. The van der Waals surface area contributed by atoms with Crippen molar-refractivity contribution in [1.82, 2.24) is 0 Å². The molecule has 0 aliphatic heterocycles. The van der Waals surface area contributed by atoms with Gasteiger partial charge in [-0.05, 0) is 31.9 Å². The molecule has 0 spiro atoms. The first kappa shape index (κ1) is 10.7. The molecule has 0 aromatic heterocycles. The van der Waals surface area contributed by atoms with Crippen LogP contribution >= 0.6 is 0 Å². The summed E-state index contributed by atoms with van der Waals surface area (Å²) in [6.07, 6.45) is 0.345. The average Bonchev–Trinajstić information content (AvgIpc) is 2.09. The van der Waals surface area contributed by atoms with Crippen LogP contribution in [0.3, 0.4) is 0 Å². The van der Waals surface area contributed by atoms with Crippen LogP contribution in [0.2, 0.25) is 0 Å². The van der Waals surface area contributed by atoms with Crippen molar-refractivity contribution in [3.63, 3.8) is 0 Å². The third-order valence-corrected chi connectivity index (χ3v) is 2.45. The Bertz CT molecular complexity index is 372. The van der Waals surface area contributed by atoms with E-state index < -0.39 is 5.54 Å². The number of aryl methyl sites for hydroxylation is 2. The quantitative estimate of drug-likeness (QED) is 0.774. The van der Waals surface area contributed by atoms with Gasteiger partial charge in [0, 0.05) is 0 Å². The number of nitrogens with zero attached hydrogens (tertiary/aromatic N) is 1. The normalized spacial score (nSPS) is 14.5. The molecular weight excluding hydrogens is 172 g/mol. The SMILES string of the molecule is Cc1ccc(C)c([C@@](C)(N)CC#N)c1. The Kier molecular flexibility index (Phi) is 2.93. The van der Waals surface area contributed by atoms with Gasteiger partial charge in [0.05, 0.1) is 18.0 Å². The summed E-state index contributed by atoms with van der Waals surface area (Å²) in [5, 5.41) is 8.69. The molecule has 0 radical (unpaired) electrons. The molecule has 2 heteroatoms. The Morgan fingerprint density at radius 3 is 2.64 bits per heavy atom. The van der Waals surface area contributed by atoms with Crippen LogP contribution < -0.4 is 5.73 Å². The monoisotopic (exact) mass is 188 g/mol. The molecule has 0 heterocycles. The van der Waals surface area contributed by atoms with Crippen molar-refractivity contribution in [2.75, 3.05) is 0 Å². The Hall–Kier alpha value is -1.33. The number of hydrogen-bond donors (Lipinski definition) is 1. The summed E-state index contributed by atoms with van der Waals surface area (Å²) in [7, 11) is 0. The van der Waals surface area contributed by atoms with Crippen molar-refractivity contribution in [1.29, 1.82) is 5.26 Å². The Labute approximate surface area is 85.4 Å². The van der Waals surface area contributed by atoms with E-state index in [4.69, 9.17) is 11.0 Å². The Balaban J connectivity index is 3.18. The van der Waals surface area contributed by atoms with Crippen LogP contribution in [0.15, 0.2) is 18.2 Å². The second-order valence-electron chi connectivity index (χ2n) is 4.07. The smallest absolute Gasteiger partial charge is 0.0644 e. The fraction of sp³-hybridized carbons (Fsp3) is 0.417. The topological polar surface area (TPSA) is 49.8 Å². The molecule has 1 aromatic carbocycles. The first-order valence-corrected chi connectivity index (χ1v) is 4.71. The summed E-state index contributed by atoms with van der Waals surface area (Å²) in [6.45, 7) is 5.96. The summed E-state index contributed by atoms with van der Waals surface area (Å²) in [5.74, 6) is 0. The summed E-state index contributed by atoms with van der Waals surface area (Å²) in [5.41, 5.74) is 8.96. The fourth-order valence-corrected chi connectivity index (χ4v) is 1.61. The van der Waals surface area contributed by atoms with E-state index in [0.717, 1.165) is 11.1 Å². The molecule has 2 N–H and O–H groups in total. The number of hydrogen-bond acceptors (Lipinski definition) is 2. The number of nitrogens with two attached hydrogens (primary N) is 1. The van der Waals surface area contributed by atoms with E-state index in [1.165, 1.54) is 5.56 Å². The molecule has 74 valence electrons. The highest BCUT2D eigenvalue weighted by Gasteiger charge is 2.22. The summed E-state index contributed by atoms with van der Waals surface area (Å²) < 4.78 is 0. The van der Waals surface area contributed by atoms with Gasteiger partial charge in [-0.3, -0.25) is 0 Å². The molecule has 0 fully saturated rings. The van der Waals surface area contributed by atoms with E-state index in [2.05, 4.69) is 18.2 Å². The molecule has 1 atom stereocenters. The van der Waals surface area contributed by atoms with Crippen LogP contribution in [0.5, 0.6) is 0 Å². The number of nitriles is 1. The van der Waals surface area contributed by atoms with Gasteiger partial charge in [-0.15, -0.1) is 0 Å². The minimum atomic E-state index is -0.537.